The lowest BCUT2D eigenvalue weighted by Gasteiger charge is -2.07. The summed E-state index contributed by atoms with van der Waals surface area (Å²) >= 11 is 0. The molecule has 0 aliphatic rings. The Morgan fingerprint density at radius 1 is 1.14 bits per heavy atom. The maximum Gasteiger partial charge on any atom is 0.575 e. The Morgan fingerprint density at radius 2 is 1.57 bits per heavy atom. The summed E-state index contributed by atoms with van der Waals surface area (Å²) in [5, 5.41) is 0. The van der Waals surface area contributed by atoms with Crippen molar-refractivity contribution in [3.63, 3.8) is 0 Å². The van der Waals surface area contributed by atoms with Crippen LogP contribution in [0.5, 0.6) is 0 Å². The zero-order valence-corrected chi connectivity index (χ0v) is 6.66. The van der Waals surface area contributed by atoms with Crippen LogP contribution in [0, 0.1) is 0 Å². The number of halogens is 6. The van der Waals surface area contributed by atoms with Gasteiger partial charge in [-0.05, 0) is 6.92 Å². The Balaban J connectivity index is 4.46. The van der Waals surface area contributed by atoms with E-state index in [0.29, 0.717) is 6.92 Å². The molecule has 0 heterocycles. The quantitative estimate of drug-likeness (QED) is 0.387. The van der Waals surface area contributed by atoms with Crippen molar-refractivity contribution in [2.24, 2.45) is 0 Å². The van der Waals surface area contributed by atoms with E-state index in [2.05, 4.69) is 4.74 Å². The molecule has 0 radical (unpaired) electrons. The SMILES string of the molecule is C/C(=C/C(=O)OC(F)(F)F)C(F)(F)F. The number of allylic oxidation sites excluding steroid dienone is 1. The Hall–Kier alpha value is -1.21. The first kappa shape index (κ1) is 12.8. The molecule has 0 N–H and O–H groups in total. The lowest BCUT2D eigenvalue weighted by atomic mass is 10.3. The first-order valence-electron chi connectivity index (χ1n) is 3.07. The van der Waals surface area contributed by atoms with E-state index in [1.165, 1.54) is 0 Å². The van der Waals surface area contributed by atoms with Gasteiger partial charge in [-0.2, -0.15) is 13.2 Å². The van der Waals surface area contributed by atoms with Crippen molar-refractivity contribution in [1.82, 2.24) is 0 Å². The molecule has 2 nitrogen and oxygen atoms in total. The molecule has 0 aliphatic heterocycles. The zero-order chi connectivity index (χ0) is 11.6. The minimum atomic E-state index is -5.28. The maximum atomic E-state index is 11.7. The normalized spacial score (nSPS) is 14.1. The van der Waals surface area contributed by atoms with Gasteiger partial charge in [0.25, 0.3) is 0 Å². The second kappa shape index (κ2) is 3.89. The summed E-state index contributed by atoms with van der Waals surface area (Å²) in [6, 6.07) is 0. The lowest BCUT2D eigenvalue weighted by Crippen LogP contribution is -2.19. The lowest BCUT2D eigenvalue weighted by molar-refractivity contribution is -0.303. The van der Waals surface area contributed by atoms with Crippen LogP contribution in [0.4, 0.5) is 26.3 Å². The van der Waals surface area contributed by atoms with Gasteiger partial charge in [-0.3, -0.25) is 0 Å². The van der Waals surface area contributed by atoms with E-state index in [0.717, 1.165) is 0 Å². The Labute approximate surface area is 74.1 Å². The van der Waals surface area contributed by atoms with Crippen LogP contribution in [0.25, 0.3) is 0 Å². The highest BCUT2D eigenvalue weighted by Crippen LogP contribution is 2.25. The molecule has 0 atom stereocenters. The zero-order valence-electron chi connectivity index (χ0n) is 6.66. The average Bonchev–Trinajstić information content (AvgIpc) is 1.79. The predicted molar refractivity (Wildman–Crippen MR) is 32.0 cm³/mol. The van der Waals surface area contributed by atoms with Crippen molar-refractivity contribution in [3.8, 4) is 0 Å². The maximum absolute atomic E-state index is 11.7. The fourth-order valence-corrected chi connectivity index (χ4v) is 0.402. The van der Waals surface area contributed by atoms with Crippen LogP contribution in [0.2, 0.25) is 0 Å². The summed E-state index contributed by atoms with van der Waals surface area (Å²) in [6.45, 7) is 0.456. The van der Waals surface area contributed by atoms with Gasteiger partial charge in [0.1, 0.15) is 0 Å². The minimum Gasteiger partial charge on any atom is -0.370 e. The number of alkyl halides is 6. The fraction of sp³-hybridized carbons (Fsp3) is 0.500. The Kier molecular flexibility index (Phi) is 3.55. The van der Waals surface area contributed by atoms with Crippen molar-refractivity contribution in [2.75, 3.05) is 0 Å². The van der Waals surface area contributed by atoms with Crippen LogP contribution >= 0.6 is 0 Å². The molecule has 0 aromatic rings. The van der Waals surface area contributed by atoms with E-state index in [1.807, 2.05) is 0 Å². The van der Waals surface area contributed by atoms with Gasteiger partial charge >= 0.3 is 18.5 Å². The van der Waals surface area contributed by atoms with Gasteiger partial charge in [0, 0.05) is 11.6 Å². The van der Waals surface area contributed by atoms with Gasteiger partial charge in [-0.25, -0.2) is 4.79 Å². The van der Waals surface area contributed by atoms with E-state index >= 15 is 0 Å². The molecule has 0 saturated heterocycles. The molecular formula is C6H4F6O2. The molecule has 0 unspecified atom stereocenters. The largest absolute Gasteiger partial charge is 0.575 e. The van der Waals surface area contributed by atoms with Crippen LogP contribution in [-0.4, -0.2) is 18.5 Å². The summed E-state index contributed by atoms with van der Waals surface area (Å²) in [5.41, 5.74) is -1.47. The molecule has 0 rings (SSSR count). The van der Waals surface area contributed by atoms with E-state index < -0.39 is 24.1 Å². The molecule has 0 amide bonds. The summed E-state index contributed by atoms with van der Waals surface area (Å²) in [6.07, 6.45) is -10.4. The summed E-state index contributed by atoms with van der Waals surface area (Å²) in [5.74, 6) is -2.10. The van der Waals surface area contributed by atoms with E-state index in [4.69, 9.17) is 0 Å². The van der Waals surface area contributed by atoms with E-state index in [1.54, 1.807) is 0 Å². The van der Waals surface area contributed by atoms with Gasteiger partial charge < -0.3 is 4.74 Å². The Bertz CT molecular complexity index is 248. The Morgan fingerprint density at radius 3 is 1.86 bits per heavy atom. The highest BCUT2D eigenvalue weighted by Gasteiger charge is 2.35. The number of hydrogen-bond donors (Lipinski definition) is 0. The third kappa shape index (κ3) is 5.44. The molecule has 0 aliphatic carbocycles. The first-order chi connectivity index (χ1) is 6.02. The molecule has 82 valence electrons. The number of rotatable bonds is 1. The summed E-state index contributed by atoms with van der Waals surface area (Å²) in [4.78, 5) is 10.2. The number of hydrogen-bond acceptors (Lipinski definition) is 2. The molecular weight excluding hydrogens is 218 g/mol. The van der Waals surface area contributed by atoms with E-state index in [9.17, 15) is 31.1 Å². The van der Waals surface area contributed by atoms with Gasteiger partial charge in [0.05, 0.1) is 0 Å². The van der Waals surface area contributed by atoms with Gasteiger partial charge in [-0.15, -0.1) is 13.2 Å². The highest BCUT2D eigenvalue weighted by atomic mass is 19.4. The molecule has 0 aromatic carbocycles. The van der Waals surface area contributed by atoms with Crippen LogP contribution in [-0.2, 0) is 9.53 Å². The summed E-state index contributed by atoms with van der Waals surface area (Å²) < 4.78 is 71.6. The molecule has 14 heavy (non-hydrogen) atoms. The van der Waals surface area contributed by atoms with Crippen molar-refractivity contribution < 1.29 is 35.9 Å². The molecule has 0 saturated carbocycles. The molecule has 8 heteroatoms. The molecule has 0 aromatic heterocycles. The number of ether oxygens (including phenoxy) is 1. The molecule has 0 spiro atoms. The van der Waals surface area contributed by atoms with Crippen LogP contribution in [0.15, 0.2) is 11.6 Å². The third-order valence-electron chi connectivity index (χ3n) is 0.998. The second-order valence-electron chi connectivity index (χ2n) is 2.19. The smallest absolute Gasteiger partial charge is 0.370 e. The summed E-state index contributed by atoms with van der Waals surface area (Å²) in [7, 11) is 0. The monoisotopic (exact) mass is 222 g/mol. The van der Waals surface area contributed by atoms with Crippen LogP contribution in [0.1, 0.15) is 6.92 Å². The highest BCUT2D eigenvalue weighted by molar-refractivity contribution is 5.83. The predicted octanol–water partition coefficient (Wildman–Crippen LogP) is 2.56. The second-order valence-corrected chi connectivity index (χ2v) is 2.19. The van der Waals surface area contributed by atoms with Crippen LogP contribution in [0.3, 0.4) is 0 Å². The third-order valence-corrected chi connectivity index (χ3v) is 0.998. The standard InChI is InChI=1S/C6H4F6O2/c1-3(5(7,8)9)2-4(13)14-6(10,11)12/h2H,1H3/b3-2-. The minimum absolute atomic E-state index is 0.270. The van der Waals surface area contributed by atoms with Crippen molar-refractivity contribution in [1.29, 1.82) is 0 Å². The fourth-order valence-electron chi connectivity index (χ4n) is 0.402. The van der Waals surface area contributed by atoms with Gasteiger partial charge in [0.2, 0.25) is 0 Å². The molecule has 0 fully saturated rings. The number of esters is 1. The van der Waals surface area contributed by atoms with E-state index in [-0.39, 0.29) is 6.08 Å². The van der Waals surface area contributed by atoms with Crippen molar-refractivity contribution >= 4 is 5.97 Å². The number of carbonyl (C=O) groups is 1. The van der Waals surface area contributed by atoms with Crippen molar-refractivity contribution in [3.05, 3.63) is 11.6 Å². The molecule has 0 bridgehead atoms. The van der Waals surface area contributed by atoms with Crippen molar-refractivity contribution in [2.45, 2.75) is 19.5 Å². The first-order valence-corrected chi connectivity index (χ1v) is 3.07. The number of carbonyl (C=O) groups excluding carboxylic acids is 1. The van der Waals surface area contributed by atoms with Crippen LogP contribution < -0.4 is 0 Å². The average molecular weight is 222 g/mol. The van der Waals surface area contributed by atoms with Gasteiger partial charge in [-0.1, -0.05) is 0 Å². The van der Waals surface area contributed by atoms with Gasteiger partial charge in [0.15, 0.2) is 0 Å². The topological polar surface area (TPSA) is 26.3 Å².